The minimum atomic E-state index is -0.0260. The van der Waals surface area contributed by atoms with Crippen LogP contribution in [-0.4, -0.2) is 34.9 Å². The van der Waals surface area contributed by atoms with Crippen LogP contribution in [0.1, 0.15) is 61.6 Å². The van der Waals surface area contributed by atoms with Crippen molar-refractivity contribution in [3.05, 3.63) is 17.5 Å². The zero-order valence-corrected chi connectivity index (χ0v) is 13.9. The second-order valence-corrected chi connectivity index (χ2v) is 7.44. The van der Waals surface area contributed by atoms with Crippen LogP contribution in [0.5, 0.6) is 0 Å². The molecule has 2 N–H and O–H groups in total. The van der Waals surface area contributed by atoms with Crippen LogP contribution >= 0.6 is 0 Å². The van der Waals surface area contributed by atoms with Crippen molar-refractivity contribution in [2.24, 2.45) is 17.8 Å². The van der Waals surface area contributed by atoms with Crippen LogP contribution in [0, 0.1) is 17.8 Å². The highest BCUT2D eigenvalue weighted by atomic mass is 16.5. The van der Waals surface area contributed by atoms with Crippen molar-refractivity contribution in [3.63, 3.8) is 0 Å². The van der Waals surface area contributed by atoms with Gasteiger partial charge >= 0.3 is 0 Å². The minimum absolute atomic E-state index is 0.0260. The van der Waals surface area contributed by atoms with Crippen LogP contribution in [0.4, 0.5) is 0 Å². The highest BCUT2D eigenvalue weighted by Crippen LogP contribution is 2.51. The molecular formula is C18H27N3O2. The molecule has 4 unspecified atom stereocenters. The smallest absolute Gasteiger partial charge is 0.272 e. The molecule has 1 amide bonds. The molecule has 1 aromatic rings. The van der Waals surface area contributed by atoms with Gasteiger partial charge in [0, 0.05) is 30.2 Å². The second-order valence-electron chi connectivity index (χ2n) is 7.44. The number of hydrogen-bond acceptors (Lipinski definition) is 3. The molecule has 3 aliphatic rings. The second kappa shape index (κ2) is 6.27. The molecule has 2 saturated carbocycles. The van der Waals surface area contributed by atoms with E-state index < -0.39 is 0 Å². The zero-order valence-electron chi connectivity index (χ0n) is 13.9. The summed E-state index contributed by atoms with van der Waals surface area (Å²) in [5, 5.41) is 10.4. The van der Waals surface area contributed by atoms with E-state index in [2.05, 4.69) is 22.4 Å². The van der Waals surface area contributed by atoms with Gasteiger partial charge in [0.2, 0.25) is 0 Å². The average molecular weight is 317 g/mol. The van der Waals surface area contributed by atoms with Gasteiger partial charge in [-0.25, -0.2) is 0 Å². The third kappa shape index (κ3) is 2.69. The van der Waals surface area contributed by atoms with E-state index in [1.165, 1.54) is 25.7 Å². The standard InChI is InChI=1S/C18H27N3O2/c1-2-5-12-10-14(21-20-12)18(22)19-16-13-8-9-23-17(13)15(16)11-6-3-4-7-11/h10-11,13,15-17H,2-9H2,1H3,(H,19,22)(H,20,21). The Morgan fingerprint density at radius 2 is 2.22 bits per heavy atom. The Morgan fingerprint density at radius 3 is 3.00 bits per heavy atom. The number of carbonyl (C=O) groups excluding carboxylic acids is 1. The van der Waals surface area contributed by atoms with Crippen molar-refractivity contribution in [1.29, 1.82) is 0 Å². The quantitative estimate of drug-likeness (QED) is 0.877. The SMILES string of the molecule is CCCc1cc(C(=O)NC2C3CCOC3C2C2CCCC2)n[nH]1. The van der Waals surface area contributed by atoms with Gasteiger partial charge in [-0.1, -0.05) is 39.0 Å². The van der Waals surface area contributed by atoms with E-state index in [4.69, 9.17) is 4.74 Å². The first-order chi connectivity index (χ1) is 11.3. The summed E-state index contributed by atoms with van der Waals surface area (Å²) in [7, 11) is 0. The number of ether oxygens (including phenoxy) is 1. The van der Waals surface area contributed by atoms with Crippen molar-refractivity contribution in [2.75, 3.05) is 6.61 Å². The van der Waals surface area contributed by atoms with Crippen LogP contribution < -0.4 is 5.32 Å². The lowest BCUT2D eigenvalue weighted by Crippen LogP contribution is -2.63. The third-order valence-corrected chi connectivity index (χ3v) is 6.06. The van der Waals surface area contributed by atoms with E-state index in [0.717, 1.165) is 37.5 Å². The summed E-state index contributed by atoms with van der Waals surface area (Å²) >= 11 is 0. The molecule has 0 radical (unpaired) electrons. The first-order valence-corrected chi connectivity index (χ1v) is 9.24. The van der Waals surface area contributed by atoms with E-state index in [1.807, 2.05) is 6.07 Å². The summed E-state index contributed by atoms with van der Waals surface area (Å²) in [6.45, 7) is 2.98. The van der Waals surface area contributed by atoms with Gasteiger partial charge in [-0.15, -0.1) is 0 Å². The molecule has 3 fully saturated rings. The van der Waals surface area contributed by atoms with Gasteiger partial charge in [0.05, 0.1) is 6.10 Å². The maximum absolute atomic E-state index is 12.6. The Balaban J connectivity index is 1.44. The fraction of sp³-hybridized carbons (Fsp3) is 0.778. The number of amides is 1. The highest BCUT2D eigenvalue weighted by molar-refractivity contribution is 5.92. The number of aromatic nitrogens is 2. The van der Waals surface area contributed by atoms with E-state index in [-0.39, 0.29) is 11.9 Å². The molecule has 1 saturated heterocycles. The number of rotatable bonds is 5. The van der Waals surface area contributed by atoms with Crippen LogP contribution in [0.3, 0.4) is 0 Å². The molecule has 4 rings (SSSR count). The van der Waals surface area contributed by atoms with Gasteiger partial charge < -0.3 is 10.1 Å². The molecule has 2 heterocycles. The lowest BCUT2D eigenvalue weighted by Gasteiger charge is -2.50. The molecule has 5 heteroatoms. The van der Waals surface area contributed by atoms with Crippen LogP contribution in [0.15, 0.2) is 6.07 Å². The summed E-state index contributed by atoms with van der Waals surface area (Å²) in [6, 6.07) is 2.18. The van der Waals surface area contributed by atoms with Crippen molar-refractivity contribution < 1.29 is 9.53 Å². The van der Waals surface area contributed by atoms with Crippen molar-refractivity contribution >= 4 is 5.91 Å². The van der Waals surface area contributed by atoms with E-state index in [0.29, 0.717) is 23.6 Å². The molecule has 1 aliphatic heterocycles. The lowest BCUT2D eigenvalue weighted by atomic mass is 9.61. The fourth-order valence-electron chi connectivity index (χ4n) is 4.96. The fourth-order valence-corrected chi connectivity index (χ4v) is 4.96. The molecule has 1 aromatic heterocycles. The number of H-pyrrole nitrogens is 1. The van der Waals surface area contributed by atoms with Crippen molar-refractivity contribution in [3.8, 4) is 0 Å². The summed E-state index contributed by atoms with van der Waals surface area (Å²) < 4.78 is 5.96. The van der Waals surface area contributed by atoms with Crippen LogP contribution in [0.25, 0.3) is 0 Å². The Labute approximate surface area is 137 Å². The monoisotopic (exact) mass is 317 g/mol. The molecule has 0 bridgehead atoms. The van der Waals surface area contributed by atoms with E-state index in [1.54, 1.807) is 0 Å². The Hall–Kier alpha value is -1.36. The lowest BCUT2D eigenvalue weighted by molar-refractivity contribution is -0.0784. The number of aryl methyl sites for hydroxylation is 1. The van der Waals surface area contributed by atoms with E-state index >= 15 is 0 Å². The van der Waals surface area contributed by atoms with Crippen LogP contribution in [-0.2, 0) is 11.2 Å². The van der Waals surface area contributed by atoms with Gasteiger partial charge in [0.15, 0.2) is 0 Å². The molecular weight excluding hydrogens is 290 g/mol. The topological polar surface area (TPSA) is 67.0 Å². The average Bonchev–Trinajstić information content (AvgIpc) is 3.26. The molecule has 0 spiro atoms. The van der Waals surface area contributed by atoms with Gasteiger partial charge in [-0.3, -0.25) is 9.89 Å². The molecule has 126 valence electrons. The summed E-state index contributed by atoms with van der Waals surface area (Å²) in [4.78, 5) is 12.6. The van der Waals surface area contributed by atoms with Crippen molar-refractivity contribution in [1.82, 2.24) is 15.5 Å². The molecule has 2 aliphatic carbocycles. The summed E-state index contributed by atoms with van der Waals surface area (Å²) in [5.41, 5.74) is 1.57. The number of nitrogens with one attached hydrogen (secondary N) is 2. The normalized spacial score (nSPS) is 33.4. The Kier molecular flexibility index (Phi) is 4.14. The van der Waals surface area contributed by atoms with Gasteiger partial charge in [0.25, 0.3) is 5.91 Å². The summed E-state index contributed by atoms with van der Waals surface area (Å²) in [6.07, 6.45) is 8.72. The molecule has 4 atom stereocenters. The largest absolute Gasteiger partial charge is 0.377 e. The maximum Gasteiger partial charge on any atom is 0.272 e. The molecule has 5 nitrogen and oxygen atoms in total. The number of hydrogen-bond donors (Lipinski definition) is 2. The first kappa shape index (κ1) is 15.2. The Bertz CT molecular complexity index is 560. The zero-order chi connectivity index (χ0) is 15.8. The highest BCUT2D eigenvalue weighted by Gasteiger charge is 2.57. The number of nitrogens with zero attached hydrogens (tertiary/aromatic N) is 1. The Morgan fingerprint density at radius 1 is 1.39 bits per heavy atom. The van der Waals surface area contributed by atoms with Crippen molar-refractivity contribution in [2.45, 2.75) is 64.0 Å². The molecule has 0 aromatic carbocycles. The minimum Gasteiger partial charge on any atom is -0.377 e. The van der Waals surface area contributed by atoms with Crippen LogP contribution in [0.2, 0.25) is 0 Å². The number of carbonyl (C=O) groups is 1. The van der Waals surface area contributed by atoms with Gasteiger partial charge in [-0.2, -0.15) is 5.10 Å². The predicted octanol–water partition coefficient (Wildman–Crippen LogP) is 2.69. The third-order valence-electron chi connectivity index (χ3n) is 6.06. The summed E-state index contributed by atoms with van der Waals surface area (Å²) in [5.74, 6) is 1.73. The van der Waals surface area contributed by atoms with Gasteiger partial charge in [-0.05, 0) is 24.8 Å². The number of aromatic amines is 1. The maximum atomic E-state index is 12.6. The predicted molar refractivity (Wildman–Crippen MR) is 87.1 cm³/mol. The van der Waals surface area contributed by atoms with E-state index in [9.17, 15) is 4.79 Å². The molecule has 23 heavy (non-hydrogen) atoms. The van der Waals surface area contributed by atoms with Gasteiger partial charge in [0.1, 0.15) is 5.69 Å². The number of fused-ring (bicyclic) bond motifs is 1. The first-order valence-electron chi connectivity index (χ1n) is 9.24.